The van der Waals surface area contributed by atoms with Gasteiger partial charge in [0.05, 0.1) is 0 Å². The lowest BCUT2D eigenvalue weighted by atomic mass is 10.1. The van der Waals surface area contributed by atoms with E-state index in [2.05, 4.69) is 10.6 Å². The van der Waals surface area contributed by atoms with Crippen molar-refractivity contribution in [2.24, 2.45) is 0 Å². The van der Waals surface area contributed by atoms with E-state index in [4.69, 9.17) is 4.74 Å². The first kappa shape index (κ1) is 20.1. The van der Waals surface area contributed by atoms with Crippen molar-refractivity contribution < 1.29 is 14.3 Å². The van der Waals surface area contributed by atoms with E-state index in [-0.39, 0.29) is 18.2 Å². The van der Waals surface area contributed by atoms with Gasteiger partial charge in [0.1, 0.15) is 18.8 Å². The van der Waals surface area contributed by atoms with Crippen LogP contribution in [0.1, 0.15) is 23.1 Å². The number of carbonyl (C=O) groups excluding carboxylic acids is 2. The maximum absolute atomic E-state index is 12.2. The molecular formula is C24H24N2O3. The monoisotopic (exact) mass is 388 g/mol. The molecule has 0 bridgehead atoms. The highest BCUT2D eigenvalue weighted by atomic mass is 16.5. The Bertz CT molecular complexity index is 983. The SMILES string of the molecule is Cc1ccc(C)c(NC(=O)CC(=O)Nc2ccc(OCc3ccccc3)cc2)c1. The number of carbonyl (C=O) groups is 2. The van der Waals surface area contributed by atoms with Crippen LogP contribution in [0.5, 0.6) is 5.75 Å². The van der Waals surface area contributed by atoms with Crippen LogP contribution in [0.15, 0.2) is 72.8 Å². The highest BCUT2D eigenvalue weighted by Crippen LogP contribution is 2.18. The van der Waals surface area contributed by atoms with Gasteiger partial charge in [0, 0.05) is 11.4 Å². The highest BCUT2D eigenvalue weighted by Gasteiger charge is 2.11. The third kappa shape index (κ3) is 6.21. The van der Waals surface area contributed by atoms with Crippen LogP contribution in [-0.2, 0) is 16.2 Å². The quantitative estimate of drug-likeness (QED) is 0.569. The molecule has 3 rings (SSSR count). The van der Waals surface area contributed by atoms with Gasteiger partial charge < -0.3 is 15.4 Å². The van der Waals surface area contributed by atoms with Crippen LogP contribution >= 0.6 is 0 Å². The van der Waals surface area contributed by atoms with Gasteiger partial charge in [0.25, 0.3) is 0 Å². The van der Waals surface area contributed by atoms with Gasteiger partial charge in [-0.25, -0.2) is 0 Å². The molecule has 5 heteroatoms. The lowest BCUT2D eigenvalue weighted by Crippen LogP contribution is -2.21. The minimum Gasteiger partial charge on any atom is -0.489 e. The third-order valence-corrected chi connectivity index (χ3v) is 4.37. The van der Waals surface area contributed by atoms with Crippen LogP contribution < -0.4 is 15.4 Å². The number of anilines is 2. The van der Waals surface area contributed by atoms with Crippen molar-refractivity contribution >= 4 is 23.2 Å². The maximum Gasteiger partial charge on any atom is 0.233 e. The lowest BCUT2D eigenvalue weighted by Gasteiger charge is -2.10. The van der Waals surface area contributed by atoms with Gasteiger partial charge in [-0.3, -0.25) is 9.59 Å². The van der Waals surface area contributed by atoms with E-state index >= 15 is 0 Å². The summed E-state index contributed by atoms with van der Waals surface area (Å²) in [7, 11) is 0. The first-order chi connectivity index (χ1) is 14.0. The fourth-order valence-electron chi connectivity index (χ4n) is 2.79. The summed E-state index contributed by atoms with van der Waals surface area (Å²) in [6, 6.07) is 22.8. The van der Waals surface area contributed by atoms with Gasteiger partial charge in [-0.1, -0.05) is 42.5 Å². The molecule has 0 aliphatic heterocycles. The predicted octanol–water partition coefficient (Wildman–Crippen LogP) is 4.85. The zero-order chi connectivity index (χ0) is 20.6. The number of benzene rings is 3. The van der Waals surface area contributed by atoms with Gasteiger partial charge in [-0.15, -0.1) is 0 Å². The van der Waals surface area contributed by atoms with Crippen molar-refractivity contribution in [1.82, 2.24) is 0 Å². The molecule has 0 radical (unpaired) electrons. The molecule has 0 heterocycles. The summed E-state index contributed by atoms with van der Waals surface area (Å²) in [5.41, 5.74) is 4.42. The lowest BCUT2D eigenvalue weighted by molar-refractivity contribution is -0.123. The summed E-state index contributed by atoms with van der Waals surface area (Å²) >= 11 is 0. The summed E-state index contributed by atoms with van der Waals surface area (Å²) in [4.78, 5) is 24.3. The summed E-state index contributed by atoms with van der Waals surface area (Å²) in [6.45, 7) is 4.34. The van der Waals surface area contributed by atoms with Crippen LogP contribution in [0.2, 0.25) is 0 Å². The Labute approximate surface area is 170 Å². The molecule has 0 atom stereocenters. The molecule has 0 fully saturated rings. The van der Waals surface area contributed by atoms with Crippen LogP contribution in [0, 0.1) is 13.8 Å². The molecule has 148 valence electrons. The average Bonchev–Trinajstić information content (AvgIpc) is 2.71. The molecule has 0 saturated heterocycles. The Morgan fingerprint density at radius 3 is 2.24 bits per heavy atom. The fraction of sp³-hybridized carbons (Fsp3) is 0.167. The molecule has 5 nitrogen and oxygen atoms in total. The van der Waals surface area contributed by atoms with E-state index in [9.17, 15) is 9.59 Å². The molecule has 2 amide bonds. The van der Waals surface area contributed by atoms with Crippen LogP contribution in [0.25, 0.3) is 0 Å². The third-order valence-electron chi connectivity index (χ3n) is 4.37. The number of rotatable bonds is 7. The second kappa shape index (κ2) is 9.55. The molecule has 3 aromatic rings. The second-order valence-corrected chi connectivity index (χ2v) is 6.89. The maximum atomic E-state index is 12.2. The van der Waals surface area contributed by atoms with E-state index < -0.39 is 0 Å². The molecular weight excluding hydrogens is 364 g/mol. The van der Waals surface area contributed by atoms with Gasteiger partial charge in [0.2, 0.25) is 11.8 Å². The molecule has 0 unspecified atom stereocenters. The van der Waals surface area contributed by atoms with Crippen molar-refractivity contribution in [2.45, 2.75) is 26.9 Å². The molecule has 3 aromatic carbocycles. The minimum atomic E-state index is -0.370. The molecule has 29 heavy (non-hydrogen) atoms. The predicted molar refractivity (Wildman–Crippen MR) is 115 cm³/mol. The minimum absolute atomic E-state index is 0.250. The summed E-state index contributed by atoms with van der Waals surface area (Å²) in [5, 5.41) is 5.52. The highest BCUT2D eigenvalue weighted by molar-refractivity contribution is 6.08. The second-order valence-electron chi connectivity index (χ2n) is 6.89. The number of hydrogen-bond acceptors (Lipinski definition) is 3. The van der Waals surface area contributed by atoms with Crippen LogP contribution in [0.3, 0.4) is 0 Å². The Kier molecular flexibility index (Phi) is 6.63. The zero-order valence-electron chi connectivity index (χ0n) is 16.6. The standard InChI is InChI=1S/C24H24N2O3/c1-17-8-9-18(2)22(14-17)26-24(28)15-23(27)25-20-10-12-21(13-11-20)29-16-19-6-4-3-5-7-19/h3-14H,15-16H2,1-2H3,(H,25,27)(H,26,28). The van der Waals surface area contributed by atoms with Gasteiger partial charge >= 0.3 is 0 Å². The Hall–Kier alpha value is -3.60. The van der Waals surface area contributed by atoms with Crippen molar-refractivity contribution in [3.05, 3.63) is 89.5 Å². The summed E-state index contributed by atoms with van der Waals surface area (Å²) < 4.78 is 5.73. The molecule has 0 aliphatic rings. The van der Waals surface area contributed by atoms with Crippen molar-refractivity contribution in [3.8, 4) is 5.75 Å². The summed E-state index contributed by atoms with van der Waals surface area (Å²) in [5.74, 6) is -0.00991. The van der Waals surface area contributed by atoms with Crippen LogP contribution in [0.4, 0.5) is 11.4 Å². The molecule has 2 N–H and O–H groups in total. The Morgan fingerprint density at radius 2 is 1.52 bits per heavy atom. The van der Waals surface area contributed by atoms with Crippen molar-refractivity contribution in [3.63, 3.8) is 0 Å². The molecule has 0 saturated carbocycles. The van der Waals surface area contributed by atoms with Crippen molar-refractivity contribution in [2.75, 3.05) is 10.6 Å². The van der Waals surface area contributed by atoms with E-state index in [0.717, 1.165) is 22.4 Å². The van der Waals surface area contributed by atoms with Gasteiger partial charge in [-0.2, -0.15) is 0 Å². The van der Waals surface area contributed by atoms with E-state index in [1.54, 1.807) is 24.3 Å². The average molecular weight is 388 g/mol. The van der Waals surface area contributed by atoms with Crippen molar-refractivity contribution in [1.29, 1.82) is 0 Å². The number of amides is 2. The normalized spacial score (nSPS) is 10.3. The molecule has 0 aliphatic carbocycles. The zero-order valence-corrected chi connectivity index (χ0v) is 16.6. The first-order valence-electron chi connectivity index (χ1n) is 9.43. The first-order valence-corrected chi connectivity index (χ1v) is 9.43. The topological polar surface area (TPSA) is 67.4 Å². The largest absolute Gasteiger partial charge is 0.489 e. The number of nitrogens with one attached hydrogen (secondary N) is 2. The number of hydrogen-bond donors (Lipinski definition) is 2. The van der Waals surface area contributed by atoms with E-state index in [0.29, 0.717) is 18.0 Å². The van der Waals surface area contributed by atoms with E-state index in [1.165, 1.54) is 0 Å². The smallest absolute Gasteiger partial charge is 0.233 e. The molecule has 0 aromatic heterocycles. The summed E-state index contributed by atoms with van der Waals surface area (Å²) in [6.07, 6.45) is -0.250. The van der Waals surface area contributed by atoms with Gasteiger partial charge in [0.15, 0.2) is 0 Å². The van der Waals surface area contributed by atoms with Gasteiger partial charge in [-0.05, 0) is 60.9 Å². The number of ether oxygens (including phenoxy) is 1. The number of aryl methyl sites for hydroxylation is 2. The van der Waals surface area contributed by atoms with E-state index in [1.807, 2.05) is 62.4 Å². The Balaban J connectivity index is 1.48. The molecule has 0 spiro atoms. The Morgan fingerprint density at radius 1 is 0.828 bits per heavy atom. The van der Waals surface area contributed by atoms with Crippen LogP contribution in [-0.4, -0.2) is 11.8 Å². The fourth-order valence-corrected chi connectivity index (χ4v) is 2.79.